The van der Waals surface area contributed by atoms with E-state index >= 15 is 0 Å². The van der Waals surface area contributed by atoms with Crippen LogP contribution in [-0.4, -0.2) is 55.7 Å². The van der Waals surface area contributed by atoms with E-state index in [1.807, 2.05) is 6.92 Å². The summed E-state index contributed by atoms with van der Waals surface area (Å²) in [6, 6.07) is 2.61. The average Bonchev–Trinajstić information content (AvgIpc) is 3.39. The van der Waals surface area contributed by atoms with Crippen molar-refractivity contribution in [2.75, 3.05) is 0 Å². The van der Waals surface area contributed by atoms with Gasteiger partial charge < -0.3 is 20.4 Å². The van der Waals surface area contributed by atoms with Crippen molar-refractivity contribution in [1.82, 2.24) is 40.4 Å². The SMILES string of the molecule is Cc1[nH]ncc1O.Cc1[nH]ncc1O.Cc1cc(=O)[nH][nH]1.Cn1[nH]c(=O)cc1O. The van der Waals surface area contributed by atoms with Crippen molar-refractivity contribution in [3.05, 3.63) is 62.3 Å². The van der Waals surface area contributed by atoms with Crippen LogP contribution in [0.5, 0.6) is 17.4 Å². The van der Waals surface area contributed by atoms with Gasteiger partial charge in [-0.2, -0.15) is 10.2 Å². The van der Waals surface area contributed by atoms with Gasteiger partial charge in [-0.15, -0.1) is 0 Å². The van der Waals surface area contributed by atoms with E-state index in [1.54, 1.807) is 20.9 Å². The number of aromatic hydroxyl groups is 3. The summed E-state index contributed by atoms with van der Waals surface area (Å²) >= 11 is 0. The van der Waals surface area contributed by atoms with Crippen molar-refractivity contribution in [3.8, 4) is 17.4 Å². The second kappa shape index (κ2) is 10.9. The number of aromatic amines is 5. The Balaban J connectivity index is 0.000000194. The Morgan fingerprint density at radius 3 is 1.45 bits per heavy atom. The molecule has 0 bridgehead atoms. The third-order valence-corrected chi connectivity index (χ3v) is 3.22. The molecular formula is C16H24N8O5. The van der Waals surface area contributed by atoms with Gasteiger partial charge >= 0.3 is 0 Å². The van der Waals surface area contributed by atoms with E-state index in [2.05, 4.69) is 35.7 Å². The zero-order chi connectivity index (χ0) is 22.0. The monoisotopic (exact) mass is 408 g/mol. The highest BCUT2D eigenvalue weighted by molar-refractivity contribution is 5.19. The third-order valence-electron chi connectivity index (χ3n) is 3.22. The minimum atomic E-state index is -0.287. The molecule has 8 N–H and O–H groups in total. The molecule has 0 saturated carbocycles. The molecular weight excluding hydrogens is 384 g/mol. The molecule has 13 nitrogen and oxygen atoms in total. The number of nitrogens with one attached hydrogen (secondary N) is 5. The summed E-state index contributed by atoms with van der Waals surface area (Å²) in [6.07, 6.45) is 2.74. The lowest BCUT2D eigenvalue weighted by Gasteiger charge is -1.87. The van der Waals surface area contributed by atoms with E-state index in [-0.39, 0.29) is 28.5 Å². The fraction of sp³-hybridized carbons (Fsp3) is 0.250. The largest absolute Gasteiger partial charge is 0.504 e. The highest BCUT2D eigenvalue weighted by atomic mass is 16.3. The van der Waals surface area contributed by atoms with E-state index < -0.39 is 0 Å². The van der Waals surface area contributed by atoms with Gasteiger partial charge in [0.25, 0.3) is 11.1 Å². The summed E-state index contributed by atoms with van der Waals surface area (Å²) in [7, 11) is 1.55. The van der Waals surface area contributed by atoms with Crippen LogP contribution in [0.4, 0.5) is 0 Å². The summed E-state index contributed by atoms with van der Waals surface area (Å²) in [4.78, 5) is 20.5. The Kier molecular flexibility index (Phi) is 8.57. The second-order valence-electron chi connectivity index (χ2n) is 5.74. The van der Waals surface area contributed by atoms with Gasteiger partial charge in [0.05, 0.1) is 29.8 Å². The molecule has 0 aliphatic carbocycles. The van der Waals surface area contributed by atoms with E-state index in [0.717, 1.165) is 11.8 Å². The number of hydrogen-bond donors (Lipinski definition) is 8. The van der Waals surface area contributed by atoms with Gasteiger partial charge in [0.2, 0.25) is 5.88 Å². The zero-order valence-electron chi connectivity index (χ0n) is 16.3. The van der Waals surface area contributed by atoms with E-state index in [0.29, 0.717) is 11.4 Å². The molecule has 0 spiro atoms. The van der Waals surface area contributed by atoms with Crippen molar-refractivity contribution < 1.29 is 15.3 Å². The number of nitrogens with zero attached hydrogens (tertiary/aromatic N) is 3. The van der Waals surface area contributed by atoms with Crippen LogP contribution in [0.2, 0.25) is 0 Å². The summed E-state index contributed by atoms with van der Waals surface area (Å²) in [5.74, 6) is 0.398. The van der Waals surface area contributed by atoms with E-state index in [9.17, 15) is 9.59 Å². The minimum absolute atomic E-state index is 0.0463. The fourth-order valence-corrected chi connectivity index (χ4v) is 1.59. The molecule has 0 radical (unpaired) electrons. The van der Waals surface area contributed by atoms with Gasteiger partial charge in [-0.1, -0.05) is 0 Å². The number of aromatic nitrogens is 8. The first kappa shape index (κ1) is 22.9. The van der Waals surface area contributed by atoms with Crippen molar-refractivity contribution in [2.45, 2.75) is 20.8 Å². The lowest BCUT2D eigenvalue weighted by molar-refractivity contribution is 0.419. The predicted octanol–water partition coefficient (Wildman–Crippen LogP) is 0.278. The van der Waals surface area contributed by atoms with Crippen LogP contribution in [-0.2, 0) is 7.05 Å². The Labute approximate surface area is 164 Å². The molecule has 0 saturated heterocycles. The van der Waals surface area contributed by atoms with Gasteiger partial charge in [0, 0.05) is 18.8 Å². The third kappa shape index (κ3) is 8.38. The number of rotatable bonds is 0. The molecule has 13 heteroatoms. The molecule has 4 aromatic heterocycles. The molecule has 0 amide bonds. The van der Waals surface area contributed by atoms with Gasteiger partial charge in [-0.3, -0.25) is 34.7 Å². The lowest BCUT2D eigenvalue weighted by atomic mass is 10.5. The first-order valence-electron chi connectivity index (χ1n) is 8.17. The van der Waals surface area contributed by atoms with Crippen LogP contribution in [0, 0.1) is 20.8 Å². The van der Waals surface area contributed by atoms with Crippen molar-refractivity contribution in [2.24, 2.45) is 7.05 Å². The molecule has 0 fully saturated rings. The van der Waals surface area contributed by atoms with Crippen molar-refractivity contribution in [3.63, 3.8) is 0 Å². The molecule has 4 heterocycles. The van der Waals surface area contributed by atoms with Crippen LogP contribution < -0.4 is 11.1 Å². The van der Waals surface area contributed by atoms with Crippen LogP contribution >= 0.6 is 0 Å². The van der Waals surface area contributed by atoms with Gasteiger partial charge in [0.1, 0.15) is 0 Å². The van der Waals surface area contributed by atoms with Crippen molar-refractivity contribution in [1.29, 1.82) is 0 Å². The van der Waals surface area contributed by atoms with Gasteiger partial charge in [-0.25, -0.2) is 0 Å². The molecule has 0 unspecified atom stereocenters. The topological polar surface area (TPSA) is 204 Å². The molecule has 0 aromatic carbocycles. The Hall–Kier alpha value is -4.16. The van der Waals surface area contributed by atoms with E-state index in [1.165, 1.54) is 23.1 Å². The van der Waals surface area contributed by atoms with Crippen LogP contribution in [0.3, 0.4) is 0 Å². The maximum Gasteiger partial charge on any atom is 0.267 e. The average molecular weight is 408 g/mol. The number of H-pyrrole nitrogens is 5. The van der Waals surface area contributed by atoms with Crippen LogP contribution in [0.25, 0.3) is 0 Å². The highest BCUT2D eigenvalue weighted by Gasteiger charge is 1.93. The van der Waals surface area contributed by atoms with E-state index in [4.69, 9.17) is 15.3 Å². The molecule has 4 aromatic rings. The lowest BCUT2D eigenvalue weighted by Crippen LogP contribution is -2.00. The Morgan fingerprint density at radius 2 is 1.34 bits per heavy atom. The van der Waals surface area contributed by atoms with Crippen LogP contribution in [0.15, 0.2) is 34.1 Å². The van der Waals surface area contributed by atoms with Crippen molar-refractivity contribution >= 4 is 0 Å². The molecule has 4 rings (SSSR count). The smallest absolute Gasteiger partial charge is 0.267 e. The molecule has 0 atom stereocenters. The quantitative estimate of drug-likeness (QED) is 0.204. The molecule has 0 aliphatic rings. The summed E-state index contributed by atoms with van der Waals surface area (Å²) in [5, 5.41) is 45.6. The second-order valence-corrected chi connectivity index (χ2v) is 5.74. The zero-order valence-corrected chi connectivity index (χ0v) is 16.3. The fourth-order valence-electron chi connectivity index (χ4n) is 1.59. The highest BCUT2D eigenvalue weighted by Crippen LogP contribution is 2.08. The summed E-state index contributed by atoms with van der Waals surface area (Å²) < 4.78 is 1.24. The maximum absolute atomic E-state index is 10.3. The minimum Gasteiger partial charge on any atom is -0.504 e. The Bertz CT molecular complexity index is 1000. The normalized spacial score (nSPS) is 9.38. The predicted molar refractivity (Wildman–Crippen MR) is 104 cm³/mol. The summed E-state index contributed by atoms with van der Waals surface area (Å²) in [6.45, 7) is 5.32. The Morgan fingerprint density at radius 1 is 0.828 bits per heavy atom. The number of hydrogen-bond acceptors (Lipinski definition) is 7. The molecule has 158 valence electrons. The summed E-state index contributed by atoms with van der Waals surface area (Å²) in [5.41, 5.74) is 1.92. The van der Waals surface area contributed by atoms with Gasteiger partial charge in [-0.05, 0) is 20.8 Å². The first-order chi connectivity index (χ1) is 13.6. The van der Waals surface area contributed by atoms with Gasteiger partial charge in [0.15, 0.2) is 11.5 Å². The standard InChI is InChI=1S/C4H6N2O2.3C4H6N2O/c1-6-4(8)2-3(7)5-6;2*1-3-4(7)2-5-6-3;1-3-2-4(7)6-5-3/h2,8H,1H3,(H,5,7);2*2,7H,1H3,(H,5,6);2H,1H3,(H2,5,6,7). The molecule has 0 aliphatic heterocycles. The van der Waals surface area contributed by atoms with Crippen LogP contribution in [0.1, 0.15) is 17.1 Å². The maximum atomic E-state index is 10.3. The first-order valence-corrected chi connectivity index (χ1v) is 8.17. The number of aryl methyl sites for hydroxylation is 4. The molecule has 29 heavy (non-hydrogen) atoms.